The van der Waals surface area contributed by atoms with Gasteiger partial charge in [0, 0.05) is 18.3 Å². The Kier molecular flexibility index (Phi) is 6.05. The van der Waals surface area contributed by atoms with E-state index >= 15 is 0 Å². The standard InChI is InChI=1S/C14H22N2O2/c1-3-11(2)10-16-14(17)7-8-18-13-6-4-5-12(15)9-13/h4-6,9,11H,3,7-8,10,15H2,1-2H3,(H,16,17). The minimum Gasteiger partial charge on any atom is -0.493 e. The molecule has 1 unspecified atom stereocenters. The normalized spacial score (nSPS) is 11.9. The van der Waals surface area contributed by atoms with Crippen LogP contribution >= 0.6 is 0 Å². The van der Waals surface area contributed by atoms with E-state index in [9.17, 15) is 4.79 Å². The number of hydrogen-bond acceptors (Lipinski definition) is 3. The molecule has 0 fully saturated rings. The Morgan fingerprint density at radius 2 is 2.28 bits per heavy atom. The van der Waals surface area contributed by atoms with Gasteiger partial charge < -0.3 is 15.8 Å². The third-order valence-electron chi connectivity index (χ3n) is 2.80. The number of nitrogens with two attached hydrogens (primary N) is 1. The highest BCUT2D eigenvalue weighted by Gasteiger charge is 2.04. The fourth-order valence-electron chi connectivity index (χ4n) is 1.39. The smallest absolute Gasteiger partial charge is 0.223 e. The van der Waals surface area contributed by atoms with Gasteiger partial charge in [-0.15, -0.1) is 0 Å². The second kappa shape index (κ2) is 7.58. The number of benzene rings is 1. The lowest BCUT2D eigenvalue weighted by atomic mass is 10.1. The van der Waals surface area contributed by atoms with E-state index in [2.05, 4.69) is 19.2 Å². The van der Waals surface area contributed by atoms with E-state index in [-0.39, 0.29) is 5.91 Å². The molecule has 1 rings (SSSR count). The first kappa shape index (κ1) is 14.4. The predicted octanol–water partition coefficient (Wildman–Crippen LogP) is 2.20. The Balaban J connectivity index is 2.19. The Bertz CT molecular complexity index is 380. The van der Waals surface area contributed by atoms with Crippen molar-refractivity contribution in [3.8, 4) is 5.75 Å². The summed E-state index contributed by atoms with van der Waals surface area (Å²) < 4.78 is 5.45. The van der Waals surface area contributed by atoms with Gasteiger partial charge in [0.25, 0.3) is 0 Å². The molecular formula is C14H22N2O2. The third kappa shape index (κ3) is 5.57. The first-order valence-electron chi connectivity index (χ1n) is 6.37. The SMILES string of the molecule is CCC(C)CNC(=O)CCOc1cccc(N)c1. The van der Waals surface area contributed by atoms with Crippen molar-refractivity contribution in [1.29, 1.82) is 0 Å². The molecule has 100 valence electrons. The quantitative estimate of drug-likeness (QED) is 0.729. The molecule has 0 heterocycles. The third-order valence-corrected chi connectivity index (χ3v) is 2.80. The van der Waals surface area contributed by atoms with Crippen LogP contribution in [-0.2, 0) is 4.79 Å². The van der Waals surface area contributed by atoms with Crippen LogP contribution in [0.3, 0.4) is 0 Å². The van der Waals surface area contributed by atoms with Gasteiger partial charge in [-0.1, -0.05) is 26.3 Å². The van der Waals surface area contributed by atoms with Gasteiger partial charge in [0.1, 0.15) is 5.75 Å². The molecule has 1 atom stereocenters. The molecule has 0 aliphatic heterocycles. The number of nitrogen functional groups attached to an aromatic ring is 1. The summed E-state index contributed by atoms with van der Waals surface area (Å²) in [6.07, 6.45) is 1.44. The minimum atomic E-state index is 0.0270. The Labute approximate surface area is 109 Å². The second-order valence-electron chi connectivity index (χ2n) is 4.49. The van der Waals surface area contributed by atoms with Gasteiger partial charge in [-0.2, -0.15) is 0 Å². The Morgan fingerprint density at radius 1 is 1.50 bits per heavy atom. The van der Waals surface area contributed by atoms with E-state index in [0.717, 1.165) is 13.0 Å². The maximum atomic E-state index is 11.5. The van der Waals surface area contributed by atoms with Crippen molar-refractivity contribution in [3.05, 3.63) is 24.3 Å². The maximum Gasteiger partial charge on any atom is 0.223 e. The van der Waals surface area contributed by atoms with E-state index in [1.165, 1.54) is 0 Å². The topological polar surface area (TPSA) is 64.3 Å². The average molecular weight is 250 g/mol. The van der Waals surface area contributed by atoms with Crippen molar-refractivity contribution in [1.82, 2.24) is 5.32 Å². The monoisotopic (exact) mass is 250 g/mol. The van der Waals surface area contributed by atoms with Gasteiger partial charge in [0.2, 0.25) is 5.91 Å². The number of amides is 1. The van der Waals surface area contributed by atoms with E-state index in [0.29, 0.717) is 30.4 Å². The number of carbonyl (C=O) groups excluding carboxylic acids is 1. The fourth-order valence-corrected chi connectivity index (χ4v) is 1.39. The zero-order valence-corrected chi connectivity index (χ0v) is 11.1. The van der Waals surface area contributed by atoms with Crippen LogP contribution in [0.25, 0.3) is 0 Å². The van der Waals surface area contributed by atoms with Gasteiger partial charge in [-0.25, -0.2) is 0 Å². The molecule has 18 heavy (non-hydrogen) atoms. The molecule has 0 saturated heterocycles. The Hall–Kier alpha value is -1.71. The van der Waals surface area contributed by atoms with E-state index < -0.39 is 0 Å². The van der Waals surface area contributed by atoms with E-state index in [1.54, 1.807) is 12.1 Å². The number of hydrogen-bond donors (Lipinski definition) is 2. The molecule has 4 nitrogen and oxygen atoms in total. The van der Waals surface area contributed by atoms with Crippen LogP contribution in [0, 0.1) is 5.92 Å². The molecule has 0 radical (unpaired) electrons. The summed E-state index contributed by atoms with van der Waals surface area (Å²) in [5.74, 6) is 1.24. The number of anilines is 1. The molecule has 0 saturated carbocycles. The predicted molar refractivity (Wildman–Crippen MR) is 73.4 cm³/mol. The van der Waals surface area contributed by atoms with Crippen molar-refractivity contribution in [2.75, 3.05) is 18.9 Å². The van der Waals surface area contributed by atoms with Crippen molar-refractivity contribution < 1.29 is 9.53 Å². The van der Waals surface area contributed by atoms with Crippen molar-refractivity contribution in [2.24, 2.45) is 5.92 Å². The summed E-state index contributed by atoms with van der Waals surface area (Å²) in [7, 11) is 0. The molecule has 0 aromatic heterocycles. The van der Waals surface area contributed by atoms with E-state index in [1.807, 2.05) is 12.1 Å². The largest absolute Gasteiger partial charge is 0.493 e. The van der Waals surface area contributed by atoms with Crippen LogP contribution in [0.5, 0.6) is 5.75 Å². The number of rotatable bonds is 7. The zero-order chi connectivity index (χ0) is 13.4. The first-order chi connectivity index (χ1) is 8.61. The average Bonchev–Trinajstić information content (AvgIpc) is 2.36. The first-order valence-corrected chi connectivity index (χ1v) is 6.37. The van der Waals surface area contributed by atoms with Crippen molar-refractivity contribution >= 4 is 11.6 Å². The highest BCUT2D eigenvalue weighted by molar-refractivity contribution is 5.75. The highest BCUT2D eigenvalue weighted by Crippen LogP contribution is 2.14. The van der Waals surface area contributed by atoms with Crippen LogP contribution < -0.4 is 15.8 Å². The lowest BCUT2D eigenvalue weighted by molar-refractivity contribution is -0.121. The molecule has 0 aliphatic rings. The number of carbonyl (C=O) groups is 1. The molecule has 3 N–H and O–H groups in total. The van der Waals surface area contributed by atoms with Gasteiger partial charge in [-0.3, -0.25) is 4.79 Å². The van der Waals surface area contributed by atoms with Gasteiger partial charge in [0.05, 0.1) is 13.0 Å². The van der Waals surface area contributed by atoms with Crippen LogP contribution in [0.2, 0.25) is 0 Å². The summed E-state index contributed by atoms with van der Waals surface area (Å²) in [6.45, 7) is 5.33. The summed E-state index contributed by atoms with van der Waals surface area (Å²) in [5.41, 5.74) is 6.29. The summed E-state index contributed by atoms with van der Waals surface area (Å²) >= 11 is 0. The van der Waals surface area contributed by atoms with Gasteiger partial charge in [0.15, 0.2) is 0 Å². The molecule has 1 amide bonds. The second-order valence-corrected chi connectivity index (χ2v) is 4.49. The molecule has 0 bridgehead atoms. The number of nitrogens with one attached hydrogen (secondary N) is 1. The van der Waals surface area contributed by atoms with Crippen LogP contribution in [0.15, 0.2) is 24.3 Å². The molecule has 4 heteroatoms. The lowest BCUT2D eigenvalue weighted by Gasteiger charge is -2.10. The molecule has 1 aromatic rings. The number of ether oxygens (including phenoxy) is 1. The molecule has 0 spiro atoms. The van der Waals surface area contributed by atoms with Gasteiger partial charge >= 0.3 is 0 Å². The lowest BCUT2D eigenvalue weighted by Crippen LogP contribution is -2.29. The van der Waals surface area contributed by atoms with E-state index in [4.69, 9.17) is 10.5 Å². The maximum absolute atomic E-state index is 11.5. The zero-order valence-electron chi connectivity index (χ0n) is 11.1. The van der Waals surface area contributed by atoms with Crippen LogP contribution in [0.4, 0.5) is 5.69 Å². The van der Waals surface area contributed by atoms with Crippen LogP contribution in [0.1, 0.15) is 26.7 Å². The van der Waals surface area contributed by atoms with Crippen molar-refractivity contribution in [2.45, 2.75) is 26.7 Å². The van der Waals surface area contributed by atoms with Gasteiger partial charge in [-0.05, 0) is 18.1 Å². The highest BCUT2D eigenvalue weighted by atomic mass is 16.5. The van der Waals surface area contributed by atoms with Crippen LogP contribution in [-0.4, -0.2) is 19.1 Å². The minimum absolute atomic E-state index is 0.0270. The molecule has 0 aliphatic carbocycles. The molecular weight excluding hydrogens is 228 g/mol. The van der Waals surface area contributed by atoms with Crippen molar-refractivity contribution in [3.63, 3.8) is 0 Å². The Morgan fingerprint density at radius 3 is 2.94 bits per heavy atom. The summed E-state index contributed by atoms with van der Waals surface area (Å²) in [6, 6.07) is 7.20. The fraction of sp³-hybridized carbons (Fsp3) is 0.500. The molecule has 1 aromatic carbocycles. The summed E-state index contributed by atoms with van der Waals surface area (Å²) in [4.78, 5) is 11.5. The summed E-state index contributed by atoms with van der Waals surface area (Å²) in [5, 5.41) is 2.89.